The Hall–Kier alpha value is -2.51. The van der Waals surface area contributed by atoms with E-state index in [0.717, 1.165) is 62.0 Å². The molecule has 0 radical (unpaired) electrons. The molecule has 1 saturated heterocycles. The first-order valence-electron chi connectivity index (χ1n) is 14.0. The molecular formula is C29H38N4O3. The second-order valence-electron chi connectivity index (χ2n) is 12.1. The van der Waals surface area contributed by atoms with Crippen LogP contribution < -0.4 is 0 Å². The Morgan fingerprint density at radius 2 is 1.64 bits per heavy atom. The average Bonchev–Trinajstić information content (AvgIpc) is 3.69. The number of aromatic amines is 1. The van der Waals surface area contributed by atoms with Crippen LogP contribution in [0.3, 0.4) is 0 Å². The van der Waals surface area contributed by atoms with Gasteiger partial charge in [-0.1, -0.05) is 31.5 Å². The molecule has 3 aromatic rings. The summed E-state index contributed by atoms with van der Waals surface area (Å²) in [5.41, 5.74) is 4.09. The number of hydrogen-bond acceptors (Lipinski definition) is 5. The molecule has 0 spiro atoms. The van der Waals surface area contributed by atoms with Gasteiger partial charge in [-0.15, -0.1) is 0 Å². The van der Waals surface area contributed by atoms with Crippen LogP contribution in [0, 0.1) is 17.8 Å². The lowest BCUT2D eigenvalue weighted by atomic mass is 9.84. The van der Waals surface area contributed by atoms with Crippen molar-refractivity contribution in [2.45, 2.75) is 75.9 Å². The van der Waals surface area contributed by atoms with Gasteiger partial charge >= 0.3 is 0 Å². The minimum Gasteiger partial charge on any atom is -0.494 e. The summed E-state index contributed by atoms with van der Waals surface area (Å²) < 4.78 is 1.77. The maximum absolute atomic E-state index is 11.1. The average molecular weight is 491 g/mol. The van der Waals surface area contributed by atoms with Gasteiger partial charge in [0.05, 0.1) is 11.6 Å². The number of aliphatic hydroxyl groups excluding tert-OH is 1. The van der Waals surface area contributed by atoms with Crippen molar-refractivity contribution in [1.29, 1.82) is 0 Å². The van der Waals surface area contributed by atoms with Crippen LogP contribution in [0.5, 0.6) is 11.8 Å². The number of nitrogens with one attached hydrogen (secondary N) is 1. The van der Waals surface area contributed by atoms with Gasteiger partial charge in [0.2, 0.25) is 0 Å². The number of piperidine rings is 1. The van der Waals surface area contributed by atoms with E-state index in [1.807, 2.05) is 6.07 Å². The number of fused-ring (bicyclic) bond motifs is 6. The van der Waals surface area contributed by atoms with E-state index < -0.39 is 6.10 Å². The van der Waals surface area contributed by atoms with Gasteiger partial charge in [0.15, 0.2) is 11.8 Å². The van der Waals surface area contributed by atoms with E-state index in [4.69, 9.17) is 0 Å². The number of para-hydroxylation sites is 1. The topological polar surface area (TPSA) is 97.5 Å². The summed E-state index contributed by atoms with van der Waals surface area (Å²) in [7, 11) is 0. The Labute approximate surface area is 212 Å². The molecule has 2 aromatic heterocycles. The number of nitrogens with zero attached hydrogens (tertiary/aromatic N) is 3. The molecule has 36 heavy (non-hydrogen) atoms. The van der Waals surface area contributed by atoms with E-state index >= 15 is 0 Å². The Bertz CT molecular complexity index is 1240. The Morgan fingerprint density at radius 3 is 2.42 bits per heavy atom. The summed E-state index contributed by atoms with van der Waals surface area (Å²) in [6.45, 7) is 6.06. The third-order valence-corrected chi connectivity index (χ3v) is 10.3. The SMILES string of the molecule is CC1C2CC(c3c2c(O)n(C[C@H]2CCC[C@@H]2CN2CCC(c4[nH]nc5ccccc45)CC2)c3O)C1O. The van der Waals surface area contributed by atoms with Crippen molar-refractivity contribution in [3.8, 4) is 11.8 Å². The second kappa shape index (κ2) is 8.52. The molecular weight excluding hydrogens is 452 g/mol. The quantitative estimate of drug-likeness (QED) is 0.417. The highest BCUT2D eigenvalue weighted by molar-refractivity contribution is 5.81. The maximum Gasteiger partial charge on any atom is 0.197 e. The highest BCUT2D eigenvalue weighted by Gasteiger charge is 2.53. The van der Waals surface area contributed by atoms with Crippen molar-refractivity contribution in [3.63, 3.8) is 0 Å². The number of hydrogen-bond donors (Lipinski definition) is 4. The fraction of sp³-hybridized carbons (Fsp3) is 0.621. The molecule has 7 heteroatoms. The largest absolute Gasteiger partial charge is 0.494 e. The van der Waals surface area contributed by atoms with Gasteiger partial charge in [-0.2, -0.15) is 5.10 Å². The second-order valence-corrected chi connectivity index (χ2v) is 12.1. The fourth-order valence-electron chi connectivity index (χ4n) is 8.29. The number of aromatic nitrogens is 3. The van der Waals surface area contributed by atoms with E-state index in [0.29, 0.717) is 24.3 Å². The highest BCUT2D eigenvalue weighted by Crippen LogP contribution is 2.62. The first kappa shape index (κ1) is 22.7. The van der Waals surface area contributed by atoms with Crippen LogP contribution in [-0.2, 0) is 6.54 Å². The molecule has 7 nitrogen and oxygen atoms in total. The Balaban J connectivity index is 1.02. The normalized spacial score (nSPS) is 32.6. The smallest absolute Gasteiger partial charge is 0.197 e. The van der Waals surface area contributed by atoms with E-state index in [1.165, 1.54) is 23.9 Å². The number of benzene rings is 1. The van der Waals surface area contributed by atoms with Gasteiger partial charge in [-0.05, 0) is 74.9 Å². The number of aliphatic hydroxyl groups is 1. The van der Waals surface area contributed by atoms with Crippen molar-refractivity contribution in [3.05, 3.63) is 41.1 Å². The van der Waals surface area contributed by atoms with Crippen molar-refractivity contribution in [2.24, 2.45) is 17.8 Å². The molecule has 6 atom stereocenters. The predicted octanol–water partition coefficient (Wildman–Crippen LogP) is 4.65. The summed E-state index contributed by atoms with van der Waals surface area (Å²) in [5, 5.41) is 41.9. The van der Waals surface area contributed by atoms with Gasteiger partial charge in [0, 0.05) is 47.1 Å². The molecule has 4 unspecified atom stereocenters. The molecule has 2 bridgehead atoms. The third kappa shape index (κ3) is 3.35. The van der Waals surface area contributed by atoms with Gasteiger partial charge in [0.25, 0.3) is 0 Å². The first-order chi connectivity index (χ1) is 17.5. The van der Waals surface area contributed by atoms with Crippen molar-refractivity contribution >= 4 is 10.9 Å². The van der Waals surface area contributed by atoms with Crippen LogP contribution in [0.1, 0.15) is 80.0 Å². The van der Waals surface area contributed by atoms with E-state index in [1.54, 1.807) is 4.57 Å². The molecule has 2 saturated carbocycles. The van der Waals surface area contributed by atoms with Crippen molar-refractivity contribution < 1.29 is 15.3 Å². The molecule has 0 amide bonds. The lowest BCUT2D eigenvalue weighted by Gasteiger charge is -2.34. The summed E-state index contributed by atoms with van der Waals surface area (Å²) in [6, 6.07) is 8.40. The minimum absolute atomic E-state index is 0.0280. The van der Waals surface area contributed by atoms with Crippen molar-refractivity contribution in [2.75, 3.05) is 19.6 Å². The zero-order valence-electron chi connectivity index (χ0n) is 21.1. The Morgan fingerprint density at radius 1 is 0.944 bits per heavy atom. The summed E-state index contributed by atoms with van der Waals surface area (Å²) in [6.07, 6.45) is 6.33. The van der Waals surface area contributed by atoms with Crippen LogP contribution in [-0.4, -0.2) is 60.7 Å². The Kier molecular flexibility index (Phi) is 5.37. The monoisotopic (exact) mass is 490 g/mol. The number of H-pyrrole nitrogens is 1. The zero-order valence-corrected chi connectivity index (χ0v) is 21.1. The number of rotatable bonds is 5. The van der Waals surface area contributed by atoms with E-state index in [2.05, 4.69) is 40.2 Å². The van der Waals surface area contributed by atoms with Crippen LogP contribution in [0.4, 0.5) is 0 Å². The predicted molar refractivity (Wildman–Crippen MR) is 138 cm³/mol. The lowest BCUT2D eigenvalue weighted by Crippen LogP contribution is -2.38. The van der Waals surface area contributed by atoms with Crippen molar-refractivity contribution in [1.82, 2.24) is 19.7 Å². The number of likely N-dealkylation sites (tertiary alicyclic amines) is 1. The molecule has 192 valence electrons. The standard InChI is InChI=1S/C29H38N4O3/c1-16-21-13-22(27(16)34)25-24(21)28(35)33(29(25)36)15-19-6-4-5-18(19)14-32-11-9-17(10-12-32)26-20-7-2-3-8-23(20)30-31-26/h2-3,7-8,16-19,21-22,27,34-36H,4-6,9-15H2,1H3,(H,30,31)/t16?,18-,19-,21?,22?,27?/m1/s1. The summed E-state index contributed by atoms with van der Waals surface area (Å²) >= 11 is 0. The first-order valence-corrected chi connectivity index (χ1v) is 14.0. The van der Waals surface area contributed by atoms with Crippen LogP contribution >= 0.6 is 0 Å². The minimum atomic E-state index is -0.412. The van der Waals surface area contributed by atoms with E-state index in [9.17, 15) is 15.3 Å². The van der Waals surface area contributed by atoms with Crippen LogP contribution in [0.15, 0.2) is 24.3 Å². The molecule has 1 aliphatic heterocycles. The zero-order chi connectivity index (χ0) is 24.6. The van der Waals surface area contributed by atoms with Gasteiger partial charge < -0.3 is 20.2 Å². The molecule has 4 N–H and O–H groups in total. The lowest BCUT2D eigenvalue weighted by molar-refractivity contribution is 0.113. The molecule has 3 heterocycles. The molecule has 1 aromatic carbocycles. The molecule has 4 aliphatic rings. The number of aromatic hydroxyl groups is 2. The molecule has 3 fully saturated rings. The van der Waals surface area contributed by atoms with Gasteiger partial charge in [0.1, 0.15) is 0 Å². The third-order valence-electron chi connectivity index (χ3n) is 10.3. The van der Waals surface area contributed by atoms with Gasteiger partial charge in [-0.25, -0.2) is 0 Å². The van der Waals surface area contributed by atoms with Crippen LogP contribution in [0.2, 0.25) is 0 Å². The van der Waals surface area contributed by atoms with Gasteiger partial charge in [-0.3, -0.25) is 9.67 Å². The fourth-order valence-corrected chi connectivity index (χ4v) is 8.29. The van der Waals surface area contributed by atoms with E-state index in [-0.39, 0.29) is 29.5 Å². The summed E-state index contributed by atoms with van der Waals surface area (Å²) in [4.78, 5) is 2.63. The highest BCUT2D eigenvalue weighted by atomic mass is 16.3. The van der Waals surface area contributed by atoms with Crippen LogP contribution in [0.25, 0.3) is 10.9 Å². The summed E-state index contributed by atoms with van der Waals surface area (Å²) in [5.74, 6) is 2.34. The maximum atomic E-state index is 11.1. The molecule has 3 aliphatic carbocycles. The molecule has 7 rings (SSSR count).